The van der Waals surface area contributed by atoms with Crippen LogP contribution in [0, 0.1) is 0 Å². The molecule has 1 atom stereocenters. The van der Waals surface area contributed by atoms with E-state index in [1.165, 1.54) is 17.8 Å². The van der Waals surface area contributed by atoms with Gasteiger partial charge in [0.15, 0.2) is 0 Å². The lowest BCUT2D eigenvalue weighted by molar-refractivity contribution is 0.536. The zero-order chi connectivity index (χ0) is 7.73. The van der Waals surface area contributed by atoms with E-state index in [1.54, 1.807) is 0 Å². The lowest BCUT2D eigenvalue weighted by Gasteiger charge is -2.20. The fraction of sp³-hybridized carbons (Fsp3) is 0.556. The van der Waals surface area contributed by atoms with Crippen LogP contribution in [0.5, 0.6) is 0 Å². The summed E-state index contributed by atoms with van der Waals surface area (Å²) in [6.45, 7) is 4.67. The molecule has 2 heteroatoms. The van der Waals surface area contributed by atoms with Crippen molar-refractivity contribution in [2.45, 2.75) is 18.8 Å². The quantitative estimate of drug-likeness (QED) is 0.674. The fourth-order valence-electron chi connectivity index (χ4n) is 1.65. The van der Waals surface area contributed by atoms with E-state index in [0.29, 0.717) is 5.41 Å². The molecule has 1 aromatic heterocycles. The minimum Gasteiger partial charge on any atom is -0.316 e. The molecule has 0 aromatic carbocycles. The molecule has 0 radical (unpaired) electrons. The van der Waals surface area contributed by atoms with E-state index in [-0.39, 0.29) is 0 Å². The molecule has 1 aromatic rings. The third kappa shape index (κ3) is 1.21. The van der Waals surface area contributed by atoms with Gasteiger partial charge in [0.1, 0.15) is 0 Å². The van der Waals surface area contributed by atoms with Crippen molar-refractivity contribution in [2.75, 3.05) is 13.1 Å². The molecular formula is C9H13NS. The Morgan fingerprint density at radius 1 is 1.64 bits per heavy atom. The second-order valence-corrected chi connectivity index (χ2v) is 4.41. The summed E-state index contributed by atoms with van der Waals surface area (Å²) in [5.74, 6) is 0. The average molecular weight is 167 g/mol. The van der Waals surface area contributed by atoms with Gasteiger partial charge in [0.2, 0.25) is 0 Å². The molecule has 0 saturated carbocycles. The van der Waals surface area contributed by atoms with Crippen LogP contribution in [-0.4, -0.2) is 13.1 Å². The van der Waals surface area contributed by atoms with E-state index in [0.717, 1.165) is 6.54 Å². The van der Waals surface area contributed by atoms with E-state index in [4.69, 9.17) is 0 Å². The Morgan fingerprint density at radius 2 is 2.55 bits per heavy atom. The van der Waals surface area contributed by atoms with E-state index < -0.39 is 0 Å². The van der Waals surface area contributed by atoms with Crippen molar-refractivity contribution in [1.29, 1.82) is 0 Å². The molecule has 2 rings (SSSR count). The highest BCUT2D eigenvalue weighted by molar-refractivity contribution is 7.10. The molecule has 11 heavy (non-hydrogen) atoms. The Hall–Kier alpha value is -0.340. The number of rotatable bonds is 1. The Labute approximate surface area is 71.4 Å². The van der Waals surface area contributed by atoms with Gasteiger partial charge in [-0.15, -0.1) is 11.3 Å². The minimum absolute atomic E-state index is 0.425. The van der Waals surface area contributed by atoms with Crippen LogP contribution in [0.3, 0.4) is 0 Å². The van der Waals surface area contributed by atoms with Gasteiger partial charge in [-0.25, -0.2) is 0 Å². The maximum absolute atomic E-state index is 3.41. The molecular weight excluding hydrogens is 154 g/mol. The molecule has 1 aliphatic heterocycles. The zero-order valence-electron chi connectivity index (χ0n) is 6.76. The van der Waals surface area contributed by atoms with Gasteiger partial charge in [-0.1, -0.05) is 13.0 Å². The van der Waals surface area contributed by atoms with Crippen molar-refractivity contribution < 1.29 is 0 Å². The summed E-state index contributed by atoms with van der Waals surface area (Å²) in [7, 11) is 0. The Morgan fingerprint density at radius 3 is 3.09 bits per heavy atom. The monoisotopic (exact) mass is 167 g/mol. The van der Waals surface area contributed by atoms with Crippen molar-refractivity contribution in [3.05, 3.63) is 22.4 Å². The smallest absolute Gasteiger partial charge is 0.0155 e. The van der Waals surface area contributed by atoms with Crippen molar-refractivity contribution in [3.8, 4) is 0 Å². The van der Waals surface area contributed by atoms with Crippen LogP contribution in [0.25, 0.3) is 0 Å². The molecule has 2 heterocycles. The summed E-state index contributed by atoms with van der Waals surface area (Å²) >= 11 is 1.88. The van der Waals surface area contributed by atoms with E-state index in [2.05, 4.69) is 29.8 Å². The molecule has 60 valence electrons. The summed E-state index contributed by atoms with van der Waals surface area (Å²) in [5.41, 5.74) is 0.425. The van der Waals surface area contributed by atoms with Gasteiger partial charge in [-0.2, -0.15) is 0 Å². The first kappa shape index (κ1) is 7.32. The van der Waals surface area contributed by atoms with E-state index in [9.17, 15) is 0 Å². The predicted molar refractivity (Wildman–Crippen MR) is 49.2 cm³/mol. The highest BCUT2D eigenvalue weighted by Crippen LogP contribution is 2.32. The topological polar surface area (TPSA) is 12.0 Å². The second-order valence-electron chi connectivity index (χ2n) is 3.46. The minimum atomic E-state index is 0.425. The van der Waals surface area contributed by atoms with Crippen LogP contribution in [0.4, 0.5) is 0 Å². The van der Waals surface area contributed by atoms with Gasteiger partial charge in [-0.05, 0) is 24.4 Å². The fourth-order valence-corrected chi connectivity index (χ4v) is 2.57. The van der Waals surface area contributed by atoms with Gasteiger partial charge >= 0.3 is 0 Å². The molecule has 1 fully saturated rings. The van der Waals surface area contributed by atoms with Gasteiger partial charge < -0.3 is 5.32 Å². The molecule has 0 bridgehead atoms. The average Bonchev–Trinajstić information content (AvgIpc) is 2.55. The number of hydrogen-bond acceptors (Lipinski definition) is 2. The van der Waals surface area contributed by atoms with E-state index in [1.807, 2.05) is 11.3 Å². The first-order valence-corrected chi connectivity index (χ1v) is 4.94. The van der Waals surface area contributed by atoms with Crippen LogP contribution in [-0.2, 0) is 5.41 Å². The van der Waals surface area contributed by atoms with Crippen LogP contribution >= 0.6 is 11.3 Å². The Bertz CT molecular complexity index is 222. The molecule has 0 aliphatic carbocycles. The Balaban J connectivity index is 2.27. The third-order valence-corrected chi connectivity index (χ3v) is 3.66. The second kappa shape index (κ2) is 2.61. The molecule has 0 amide bonds. The van der Waals surface area contributed by atoms with E-state index >= 15 is 0 Å². The van der Waals surface area contributed by atoms with Crippen LogP contribution < -0.4 is 5.32 Å². The Kier molecular flexibility index (Phi) is 1.74. The molecule has 1 saturated heterocycles. The summed E-state index contributed by atoms with van der Waals surface area (Å²) in [5, 5.41) is 5.57. The third-order valence-electron chi connectivity index (χ3n) is 2.48. The normalized spacial score (nSPS) is 31.0. The molecule has 1 aliphatic rings. The zero-order valence-corrected chi connectivity index (χ0v) is 7.58. The van der Waals surface area contributed by atoms with Gasteiger partial charge in [0, 0.05) is 16.8 Å². The van der Waals surface area contributed by atoms with Crippen LogP contribution in [0.15, 0.2) is 17.5 Å². The summed E-state index contributed by atoms with van der Waals surface area (Å²) in [4.78, 5) is 1.53. The van der Waals surface area contributed by atoms with Gasteiger partial charge in [-0.3, -0.25) is 0 Å². The SMILES string of the molecule is CC1(c2cccs2)CCNC1. The molecule has 1 nitrogen and oxygen atoms in total. The lowest BCUT2D eigenvalue weighted by atomic mass is 9.88. The molecule has 0 spiro atoms. The summed E-state index contributed by atoms with van der Waals surface area (Å²) in [6, 6.07) is 4.39. The lowest BCUT2D eigenvalue weighted by Crippen LogP contribution is -2.23. The number of thiophene rings is 1. The highest BCUT2D eigenvalue weighted by atomic mass is 32.1. The molecule has 1 N–H and O–H groups in total. The highest BCUT2D eigenvalue weighted by Gasteiger charge is 2.30. The largest absolute Gasteiger partial charge is 0.316 e. The number of nitrogens with one attached hydrogen (secondary N) is 1. The predicted octanol–water partition coefficient (Wildman–Crippen LogP) is 2.00. The van der Waals surface area contributed by atoms with Crippen LogP contribution in [0.2, 0.25) is 0 Å². The van der Waals surface area contributed by atoms with Gasteiger partial charge in [0.25, 0.3) is 0 Å². The first-order valence-electron chi connectivity index (χ1n) is 4.06. The van der Waals surface area contributed by atoms with Crippen molar-refractivity contribution >= 4 is 11.3 Å². The first-order chi connectivity index (χ1) is 5.31. The van der Waals surface area contributed by atoms with Crippen molar-refractivity contribution in [1.82, 2.24) is 5.32 Å². The maximum atomic E-state index is 3.41. The summed E-state index contributed by atoms with van der Waals surface area (Å²) < 4.78 is 0. The molecule has 1 unspecified atom stereocenters. The number of hydrogen-bond donors (Lipinski definition) is 1. The van der Waals surface area contributed by atoms with Crippen molar-refractivity contribution in [3.63, 3.8) is 0 Å². The summed E-state index contributed by atoms with van der Waals surface area (Å²) in [6.07, 6.45) is 1.29. The maximum Gasteiger partial charge on any atom is 0.0155 e. The van der Waals surface area contributed by atoms with Gasteiger partial charge in [0.05, 0.1) is 0 Å². The van der Waals surface area contributed by atoms with Crippen LogP contribution in [0.1, 0.15) is 18.2 Å². The standard InChI is InChI=1S/C9H13NS/c1-9(4-5-10-7-9)8-3-2-6-11-8/h2-3,6,10H,4-5,7H2,1H3. The van der Waals surface area contributed by atoms with Crippen molar-refractivity contribution in [2.24, 2.45) is 0 Å².